The van der Waals surface area contributed by atoms with Gasteiger partial charge in [-0.2, -0.15) is 0 Å². The SMILES string of the molecule is O=C(O)c1ccc(NCCC#Cc2ccccn2)cc1. The zero-order valence-corrected chi connectivity index (χ0v) is 10.8. The van der Waals surface area contributed by atoms with Crippen molar-refractivity contribution in [1.82, 2.24) is 4.98 Å². The summed E-state index contributed by atoms with van der Waals surface area (Å²) in [6.07, 6.45) is 2.41. The molecule has 0 spiro atoms. The van der Waals surface area contributed by atoms with Crippen LogP contribution in [0.4, 0.5) is 5.69 Å². The highest BCUT2D eigenvalue weighted by atomic mass is 16.4. The first-order chi connectivity index (χ1) is 9.75. The molecule has 0 saturated heterocycles. The van der Waals surface area contributed by atoms with Crippen molar-refractivity contribution in [1.29, 1.82) is 0 Å². The molecule has 4 nitrogen and oxygen atoms in total. The maximum atomic E-state index is 10.7. The average Bonchev–Trinajstić information content (AvgIpc) is 2.48. The zero-order valence-electron chi connectivity index (χ0n) is 10.8. The van der Waals surface area contributed by atoms with Crippen molar-refractivity contribution in [3.05, 3.63) is 59.9 Å². The Bertz CT molecular complexity index is 625. The summed E-state index contributed by atoms with van der Waals surface area (Å²) in [5.74, 6) is 5.09. The number of nitrogens with zero attached hydrogens (tertiary/aromatic N) is 1. The van der Waals surface area contributed by atoms with E-state index in [-0.39, 0.29) is 5.56 Å². The van der Waals surface area contributed by atoms with Crippen molar-refractivity contribution in [2.45, 2.75) is 6.42 Å². The Morgan fingerprint density at radius 2 is 2.00 bits per heavy atom. The minimum atomic E-state index is -0.919. The number of nitrogens with one attached hydrogen (secondary N) is 1. The van der Waals surface area contributed by atoms with Gasteiger partial charge in [0, 0.05) is 24.8 Å². The summed E-state index contributed by atoms with van der Waals surface area (Å²) in [6, 6.07) is 12.3. The fourth-order valence-electron chi connectivity index (χ4n) is 1.59. The van der Waals surface area contributed by atoms with Gasteiger partial charge < -0.3 is 10.4 Å². The maximum absolute atomic E-state index is 10.7. The number of rotatable bonds is 4. The minimum absolute atomic E-state index is 0.283. The van der Waals surface area contributed by atoms with E-state index in [1.54, 1.807) is 30.5 Å². The first-order valence-corrected chi connectivity index (χ1v) is 6.23. The van der Waals surface area contributed by atoms with E-state index in [0.29, 0.717) is 13.0 Å². The fraction of sp³-hybridized carbons (Fsp3) is 0.125. The zero-order chi connectivity index (χ0) is 14.2. The molecule has 0 saturated carbocycles. The Morgan fingerprint density at radius 3 is 2.65 bits per heavy atom. The lowest BCUT2D eigenvalue weighted by molar-refractivity contribution is 0.0697. The minimum Gasteiger partial charge on any atom is -0.478 e. The number of aromatic nitrogens is 1. The number of carbonyl (C=O) groups is 1. The summed E-state index contributed by atoms with van der Waals surface area (Å²) in [5, 5.41) is 12.0. The van der Waals surface area contributed by atoms with E-state index in [1.807, 2.05) is 18.2 Å². The predicted molar refractivity (Wildman–Crippen MR) is 77.6 cm³/mol. The number of anilines is 1. The average molecular weight is 266 g/mol. The van der Waals surface area contributed by atoms with Crippen molar-refractivity contribution in [3.63, 3.8) is 0 Å². The number of benzene rings is 1. The highest BCUT2D eigenvalue weighted by Gasteiger charge is 2.00. The third-order valence-corrected chi connectivity index (χ3v) is 2.59. The molecule has 1 aromatic heterocycles. The maximum Gasteiger partial charge on any atom is 0.335 e. The third kappa shape index (κ3) is 4.14. The first kappa shape index (κ1) is 13.6. The van der Waals surface area contributed by atoms with Gasteiger partial charge >= 0.3 is 5.97 Å². The molecule has 0 unspecified atom stereocenters. The van der Waals surface area contributed by atoms with Crippen molar-refractivity contribution in [3.8, 4) is 11.8 Å². The van der Waals surface area contributed by atoms with Gasteiger partial charge in [-0.1, -0.05) is 12.0 Å². The number of carboxylic acids is 1. The highest BCUT2D eigenvalue weighted by molar-refractivity contribution is 5.87. The molecule has 20 heavy (non-hydrogen) atoms. The van der Waals surface area contributed by atoms with Gasteiger partial charge in [-0.3, -0.25) is 0 Å². The Morgan fingerprint density at radius 1 is 1.20 bits per heavy atom. The van der Waals surface area contributed by atoms with Crippen LogP contribution in [0.25, 0.3) is 0 Å². The molecule has 0 fully saturated rings. The Balaban J connectivity index is 1.79. The molecule has 0 aliphatic heterocycles. The van der Waals surface area contributed by atoms with E-state index in [0.717, 1.165) is 11.4 Å². The molecule has 100 valence electrons. The second kappa shape index (κ2) is 6.95. The second-order valence-electron chi connectivity index (χ2n) is 4.08. The van der Waals surface area contributed by atoms with Crippen molar-refractivity contribution in [2.75, 3.05) is 11.9 Å². The smallest absolute Gasteiger partial charge is 0.335 e. The van der Waals surface area contributed by atoms with Gasteiger partial charge in [0.1, 0.15) is 5.69 Å². The summed E-state index contributed by atoms with van der Waals surface area (Å²) in [4.78, 5) is 14.8. The Hall–Kier alpha value is -2.80. The molecule has 4 heteroatoms. The van der Waals surface area contributed by atoms with Crippen LogP contribution in [0, 0.1) is 11.8 Å². The molecule has 1 aromatic carbocycles. The van der Waals surface area contributed by atoms with E-state index in [9.17, 15) is 4.79 Å². The van der Waals surface area contributed by atoms with Gasteiger partial charge in [0.2, 0.25) is 0 Å². The molecular formula is C16H14N2O2. The molecule has 2 rings (SSSR count). The van der Waals surface area contributed by atoms with Gasteiger partial charge in [0.25, 0.3) is 0 Å². The first-order valence-electron chi connectivity index (χ1n) is 6.23. The van der Waals surface area contributed by atoms with Crippen LogP contribution in [0.2, 0.25) is 0 Å². The second-order valence-corrected chi connectivity index (χ2v) is 4.08. The van der Waals surface area contributed by atoms with Crippen LogP contribution in [-0.4, -0.2) is 22.6 Å². The van der Waals surface area contributed by atoms with Crippen LogP contribution in [-0.2, 0) is 0 Å². The number of carboxylic acid groups (broad SMARTS) is 1. The van der Waals surface area contributed by atoms with Crippen molar-refractivity contribution in [2.24, 2.45) is 0 Å². The van der Waals surface area contributed by atoms with E-state index in [1.165, 1.54) is 0 Å². The standard InChI is InChI=1S/C16H14N2O2/c19-16(20)13-7-9-15(10-8-13)18-12-4-2-6-14-5-1-3-11-17-14/h1,3,5,7-11,18H,4,12H2,(H,19,20). The Kier molecular flexibility index (Phi) is 4.74. The molecule has 2 aromatic rings. The lowest BCUT2D eigenvalue weighted by Crippen LogP contribution is -2.01. The lowest BCUT2D eigenvalue weighted by Gasteiger charge is -2.03. The topological polar surface area (TPSA) is 62.2 Å². The van der Waals surface area contributed by atoms with Crippen molar-refractivity contribution >= 4 is 11.7 Å². The van der Waals surface area contributed by atoms with E-state index in [4.69, 9.17) is 5.11 Å². The van der Waals surface area contributed by atoms with Gasteiger partial charge in [-0.25, -0.2) is 9.78 Å². The van der Waals surface area contributed by atoms with Gasteiger partial charge in [0.05, 0.1) is 5.56 Å². The van der Waals surface area contributed by atoms with Crippen LogP contribution in [0.15, 0.2) is 48.7 Å². The van der Waals surface area contributed by atoms with E-state index in [2.05, 4.69) is 22.1 Å². The molecule has 0 bridgehead atoms. The summed E-state index contributed by atoms with van der Waals surface area (Å²) < 4.78 is 0. The Labute approximate surface area is 117 Å². The van der Waals surface area contributed by atoms with Gasteiger partial charge in [-0.05, 0) is 42.3 Å². The molecule has 0 radical (unpaired) electrons. The number of hydrogen-bond acceptors (Lipinski definition) is 3. The monoisotopic (exact) mass is 266 g/mol. The van der Waals surface area contributed by atoms with Gasteiger partial charge in [-0.15, -0.1) is 0 Å². The van der Waals surface area contributed by atoms with Crippen LogP contribution < -0.4 is 5.32 Å². The number of aromatic carboxylic acids is 1. The van der Waals surface area contributed by atoms with Crippen LogP contribution >= 0.6 is 0 Å². The molecule has 0 atom stereocenters. The summed E-state index contributed by atoms with van der Waals surface area (Å²) >= 11 is 0. The van der Waals surface area contributed by atoms with E-state index >= 15 is 0 Å². The third-order valence-electron chi connectivity index (χ3n) is 2.59. The molecule has 0 aliphatic rings. The predicted octanol–water partition coefficient (Wildman–Crippen LogP) is 2.63. The van der Waals surface area contributed by atoms with Crippen LogP contribution in [0.3, 0.4) is 0 Å². The summed E-state index contributed by atoms with van der Waals surface area (Å²) in [7, 11) is 0. The van der Waals surface area contributed by atoms with Crippen LogP contribution in [0.5, 0.6) is 0 Å². The largest absolute Gasteiger partial charge is 0.478 e. The number of hydrogen-bond donors (Lipinski definition) is 2. The lowest BCUT2D eigenvalue weighted by atomic mass is 10.2. The fourth-order valence-corrected chi connectivity index (χ4v) is 1.59. The molecule has 2 N–H and O–H groups in total. The van der Waals surface area contributed by atoms with E-state index < -0.39 is 5.97 Å². The molecular weight excluding hydrogens is 252 g/mol. The quantitative estimate of drug-likeness (QED) is 0.659. The molecule has 0 aliphatic carbocycles. The highest BCUT2D eigenvalue weighted by Crippen LogP contribution is 2.09. The molecule has 0 amide bonds. The summed E-state index contributed by atoms with van der Waals surface area (Å²) in [6.45, 7) is 0.701. The number of pyridine rings is 1. The summed E-state index contributed by atoms with van der Waals surface area (Å²) in [5.41, 5.74) is 1.93. The van der Waals surface area contributed by atoms with Gasteiger partial charge in [0.15, 0.2) is 0 Å². The van der Waals surface area contributed by atoms with Crippen LogP contribution in [0.1, 0.15) is 22.5 Å². The van der Waals surface area contributed by atoms with Crippen molar-refractivity contribution < 1.29 is 9.90 Å². The molecule has 1 heterocycles. The normalized spacial score (nSPS) is 9.40.